The van der Waals surface area contributed by atoms with Gasteiger partial charge in [0.2, 0.25) is 0 Å². The Bertz CT molecular complexity index is 940. The summed E-state index contributed by atoms with van der Waals surface area (Å²) in [6.45, 7) is 0.322. The maximum atomic E-state index is 12.6. The number of hydrogen-bond acceptors (Lipinski definition) is 5. The van der Waals surface area contributed by atoms with Crippen molar-refractivity contribution in [3.05, 3.63) is 50.3 Å². The van der Waals surface area contributed by atoms with Crippen molar-refractivity contribution >= 4 is 33.8 Å². The van der Waals surface area contributed by atoms with Crippen molar-refractivity contribution in [2.45, 2.75) is 6.54 Å². The molecule has 114 valence electrons. The number of methoxy groups -OCH3 is 2. The number of rotatable bonds is 4. The van der Waals surface area contributed by atoms with Gasteiger partial charge in [-0.15, -0.1) is 11.3 Å². The van der Waals surface area contributed by atoms with E-state index in [4.69, 9.17) is 21.7 Å². The zero-order valence-electron chi connectivity index (χ0n) is 12.1. The van der Waals surface area contributed by atoms with Crippen LogP contribution in [0.1, 0.15) is 5.56 Å². The van der Waals surface area contributed by atoms with Crippen molar-refractivity contribution in [2.24, 2.45) is 0 Å². The van der Waals surface area contributed by atoms with Crippen LogP contribution in [-0.2, 0) is 6.54 Å². The summed E-state index contributed by atoms with van der Waals surface area (Å²) in [5, 5.41) is 1.87. The second kappa shape index (κ2) is 5.94. The molecule has 3 aromatic rings. The predicted molar refractivity (Wildman–Crippen MR) is 89.9 cm³/mol. The third-order valence-electron chi connectivity index (χ3n) is 3.41. The zero-order chi connectivity index (χ0) is 15.7. The molecule has 22 heavy (non-hydrogen) atoms. The van der Waals surface area contributed by atoms with Crippen LogP contribution in [0.25, 0.3) is 10.2 Å². The van der Waals surface area contributed by atoms with E-state index in [1.807, 2.05) is 29.6 Å². The van der Waals surface area contributed by atoms with Gasteiger partial charge in [-0.2, -0.15) is 0 Å². The van der Waals surface area contributed by atoms with Gasteiger partial charge >= 0.3 is 0 Å². The zero-order valence-corrected chi connectivity index (χ0v) is 13.7. The third kappa shape index (κ3) is 2.53. The van der Waals surface area contributed by atoms with E-state index in [0.717, 1.165) is 11.1 Å². The van der Waals surface area contributed by atoms with Crippen LogP contribution in [-0.4, -0.2) is 23.8 Å². The lowest BCUT2D eigenvalue weighted by atomic mass is 10.2. The lowest BCUT2D eigenvalue weighted by molar-refractivity contribution is 0.397. The molecule has 0 unspecified atom stereocenters. The molecule has 0 radical (unpaired) electrons. The SMILES string of the molecule is COc1ccc(OC)c(Cn2c(=S)[nH]c3ccsc3c2=O)c1. The highest BCUT2D eigenvalue weighted by Gasteiger charge is 2.11. The quantitative estimate of drug-likeness (QED) is 0.745. The van der Waals surface area contributed by atoms with Crippen LogP contribution in [0, 0.1) is 4.77 Å². The van der Waals surface area contributed by atoms with Crippen LogP contribution in [0.5, 0.6) is 11.5 Å². The monoisotopic (exact) mass is 334 g/mol. The summed E-state index contributed by atoms with van der Waals surface area (Å²) in [7, 11) is 3.19. The van der Waals surface area contributed by atoms with E-state index in [2.05, 4.69) is 4.98 Å². The Kier molecular flexibility index (Phi) is 4.00. The summed E-state index contributed by atoms with van der Waals surface area (Å²) >= 11 is 6.71. The van der Waals surface area contributed by atoms with E-state index >= 15 is 0 Å². The molecule has 3 rings (SSSR count). The van der Waals surface area contributed by atoms with Crippen molar-refractivity contribution in [3.63, 3.8) is 0 Å². The van der Waals surface area contributed by atoms with Crippen molar-refractivity contribution in [3.8, 4) is 11.5 Å². The summed E-state index contributed by atoms with van der Waals surface area (Å²) in [5.74, 6) is 1.39. The summed E-state index contributed by atoms with van der Waals surface area (Å²) < 4.78 is 13.2. The highest BCUT2D eigenvalue weighted by Crippen LogP contribution is 2.25. The molecule has 0 aliphatic heterocycles. The summed E-state index contributed by atoms with van der Waals surface area (Å²) in [6.07, 6.45) is 0. The van der Waals surface area contributed by atoms with E-state index in [9.17, 15) is 4.79 Å². The molecule has 0 saturated carbocycles. The van der Waals surface area contributed by atoms with Crippen LogP contribution < -0.4 is 15.0 Å². The average Bonchev–Trinajstić information content (AvgIpc) is 2.99. The lowest BCUT2D eigenvalue weighted by Gasteiger charge is -2.12. The number of hydrogen-bond donors (Lipinski definition) is 1. The Morgan fingerprint density at radius 1 is 1.27 bits per heavy atom. The van der Waals surface area contributed by atoms with E-state index in [0.29, 0.717) is 27.5 Å². The maximum absolute atomic E-state index is 12.6. The fourth-order valence-corrected chi connectivity index (χ4v) is 3.34. The minimum Gasteiger partial charge on any atom is -0.497 e. The van der Waals surface area contributed by atoms with Crippen LogP contribution >= 0.6 is 23.6 Å². The number of H-pyrrole nitrogens is 1. The molecule has 0 atom stereocenters. The van der Waals surface area contributed by atoms with Gasteiger partial charge in [0.05, 0.1) is 26.3 Å². The standard InChI is InChI=1S/C15H14N2O3S2/c1-19-10-3-4-12(20-2)9(7-10)8-17-14(18)13-11(5-6-22-13)16-15(17)21/h3-7H,8H2,1-2H3,(H,16,21). The van der Waals surface area contributed by atoms with Gasteiger partial charge in [0, 0.05) is 5.56 Å². The van der Waals surface area contributed by atoms with Crippen LogP contribution in [0.3, 0.4) is 0 Å². The topological polar surface area (TPSA) is 56.2 Å². The van der Waals surface area contributed by atoms with E-state index in [-0.39, 0.29) is 5.56 Å². The highest BCUT2D eigenvalue weighted by atomic mass is 32.1. The first-order valence-corrected chi connectivity index (χ1v) is 7.84. The van der Waals surface area contributed by atoms with Crippen molar-refractivity contribution in [1.29, 1.82) is 0 Å². The van der Waals surface area contributed by atoms with Crippen LogP contribution in [0.2, 0.25) is 0 Å². The molecule has 2 aromatic heterocycles. The molecule has 0 saturated heterocycles. The number of ether oxygens (including phenoxy) is 2. The molecule has 0 amide bonds. The van der Waals surface area contributed by atoms with Gasteiger partial charge in [0.15, 0.2) is 4.77 Å². The number of nitrogens with one attached hydrogen (secondary N) is 1. The Morgan fingerprint density at radius 3 is 2.82 bits per heavy atom. The first-order chi connectivity index (χ1) is 10.6. The first kappa shape index (κ1) is 14.8. The molecule has 2 heterocycles. The Labute approximate surface area is 135 Å². The molecule has 1 aromatic carbocycles. The molecule has 5 nitrogen and oxygen atoms in total. The molecule has 0 bridgehead atoms. The minimum absolute atomic E-state index is 0.0985. The summed E-state index contributed by atoms with van der Waals surface area (Å²) in [4.78, 5) is 15.7. The second-order valence-corrected chi connectivity index (χ2v) is 5.97. The molecule has 1 N–H and O–H groups in total. The molecule has 0 spiro atoms. The largest absolute Gasteiger partial charge is 0.497 e. The van der Waals surface area contributed by atoms with Crippen molar-refractivity contribution in [2.75, 3.05) is 14.2 Å². The number of aromatic amines is 1. The third-order valence-corrected chi connectivity index (χ3v) is 4.63. The lowest BCUT2D eigenvalue weighted by Crippen LogP contribution is -2.22. The first-order valence-electron chi connectivity index (χ1n) is 6.55. The van der Waals surface area contributed by atoms with Gasteiger partial charge in [-0.05, 0) is 41.9 Å². The van der Waals surface area contributed by atoms with Crippen LogP contribution in [0.4, 0.5) is 0 Å². The molecule has 7 heteroatoms. The Balaban J connectivity index is 2.14. The number of benzene rings is 1. The highest BCUT2D eigenvalue weighted by molar-refractivity contribution is 7.71. The van der Waals surface area contributed by atoms with E-state index < -0.39 is 0 Å². The normalized spacial score (nSPS) is 10.8. The Hall–Kier alpha value is -2.12. The minimum atomic E-state index is -0.0985. The van der Waals surface area contributed by atoms with Crippen molar-refractivity contribution in [1.82, 2.24) is 9.55 Å². The fourth-order valence-electron chi connectivity index (χ4n) is 2.29. The molecular weight excluding hydrogens is 320 g/mol. The number of aromatic nitrogens is 2. The molecule has 0 aliphatic carbocycles. The van der Waals surface area contributed by atoms with Gasteiger partial charge in [-0.3, -0.25) is 9.36 Å². The van der Waals surface area contributed by atoms with Gasteiger partial charge in [-0.25, -0.2) is 0 Å². The van der Waals surface area contributed by atoms with Gasteiger partial charge in [-0.1, -0.05) is 0 Å². The number of nitrogens with zero attached hydrogens (tertiary/aromatic N) is 1. The number of fused-ring (bicyclic) bond motifs is 1. The van der Waals surface area contributed by atoms with Gasteiger partial charge < -0.3 is 14.5 Å². The van der Waals surface area contributed by atoms with Gasteiger partial charge in [0.1, 0.15) is 16.2 Å². The van der Waals surface area contributed by atoms with E-state index in [1.54, 1.807) is 14.2 Å². The van der Waals surface area contributed by atoms with Crippen LogP contribution in [0.15, 0.2) is 34.4 Å². The average molecular weight is 334 g/mol. The molecule has 0 aliphatic rings. The smallest absolute Gasteiger partial charge is 0.272 e. The van der Waals surface area contributed by atoms with Gasteiger partial charge in [0.25, 0.3) is 5.56 Å². The van der Waals surface area contributed by atoms with E-state index in [1.165, 1.54) is 15.9 Å². The maximum Gasteiger partial charge on any atom is 0.272 e. The Morgan fingerprint density at radius 2 is 2.09 bits per heavy atom. The second-order valence-electron chi connectivity index (χ2n) is 4.66. The summed E-state index contributed by atoms with van der Waals surface area (Å²) in [5.41, 5.74) is 1.51. The molecule has 0 fully saturated rings. The van der Waals surface area contributed by atoms with Crippen molar-refractivity contribution < 1.29 is 9.47 Å². The fraction of sp³-hybridized carbons (Fsp3) is 0.200. The summed E-state index contributed by atoms with van der Waals surface area (Å²) in [6, 6.07) is 7.33. The predicted octanol–water partition coefficient (Wildman–Crippen LogP) is 3.19. The molecular formula is C15H14N2O3S2. The number of thiophene rings is 1.